The Morgan fingerprint density at radius 1 is 1.22 bits per heavy atom. The van der Waals surface area contributed by atoms with Crippen molar-refractivity contribution >= 4 is 21.4 Å². The van der Waals surface area contributed by atoms with E-state index in [0.29, 0.717) is 37.0 Å². The maximum Gasteiger partial charge on any atom is 0.161 e. The largest absolute Gasteiger partial charge is 0.389 e. The summed E-state index contributed by atoms with van der Waals surface area (Å²) in [4.78, 5) is 24.4. The molecule has 1 heterocycles. The van der Waals surface area contributed by atoms with Gasteiger partial charge in [0.15, 0.2) is 21.4 Å². The molecular formula is C21H28O5S. The smallest absolute Gasteiger partial charge is 0.161 e. The van der Waals surface area contributed by atoms with Gasteiger partial charge in [-0.3, -0.25) is 9.59 Å². The first-order valence-corrected chi connectivity index (χ1v) is 12.0. The number of Topliss-reactive ketones (excluding diaryl/α,β-unsaturated/α-hetero) is 1. The molecule has 0 aromatic heterocycles. The predicted molar refractivity (Wildman–Crippen MR) is 99.6 cm³/mol. The second-order valence-electron chi connectivity index (χ2n) is 9.93. The van der Waals surface area contributed by atoms with Crippen LogP contribution >= 0.6 is 0 Å². The number of sulfone groups is 1. The first-order valence-electron chi connectivity index (χ1n) is 10.3. The van der Waals surface area contributed by atoms with Gasteiger partial charge in [-0.1, -0.05) is 6.92 Å². The van der Waals surface area contributed by atoms with E-state index >= 15 is 0 Å². The fraction of sp³-hybridized carbons (Fsp3) is 0.810. The van der Waals surface area contributed by atoms with E-state index in [4.69, 9.17) is 0 Å². The lowest BCUT2D eigenvalue weighted by Crippen LogP contribution is -2.53. The summed E-state index contributed by atoms with van der Waals surface area (Å²) < 4.78 is 26.0. The van der Waals surface area contributed by atoms with Crippen LogP contribution < -0.4 is 0 Å². The molecular weight excluding hydrogens is 364 g/mol. The standard InChI is InChI=1S/C21H28O5S/c1-20-6-5-15-13(14(20)2-3-16(20)18(24)10-22)9-19-17-8-12(23)4-7-21(15,17)11-27(19,25)26/h8,13-16,19,22H,2-7,9-11H2,1H3/t13?,14?,15?,16?,19-,20-,21-/m0/s1. The molecule has 4 fully saturated rings. The number of rotatable bonds is 2. The third kappa shape index (κ3) is 2.17. The molecule has 7 atom stereocenters. The monoisotopic (exact) mass is 392 g/mol. The molecule has 5 aliphatic rings. The summed E-state index contributed by atoms with van der Waals surface area (Å²) in [5, 5.41) is 8.92. The molecule has 0 spiro atoms. The van der Waals surface area contributed by atoms with Crippen LogP contribution in [0.4, 0.5) is 0 Å². The van der Waals surface area contributed by atoms with Crippen molar-refractivity contribution in [3.8, 4) is 0 Å². The predicted octanol–water partition coefficient (Wildman–Crippen LogP) is 2.08. The molecule has 4 aliphatic carbocycles. The highest BCUT2D eigenvalue weighted by molar-refractivity contribution is 7.92. The van der Waals surface area contributed by atoms with Gasteiger partial charge in [-0.25, -0.2) is 8.42 Å². The van der Waals surface area contributed by atoms with Crippen LogP contribution in [-0.4, -0.2) is 42.7 Å². The Morgan fingerprint density at radius 2 is 2.00 bits per heavy atom. The number of aliphatic hydroxyl groups is 1. The maximum absolute atomic E-state index is 13.0. The van der Waals surface area contributed by atoms with E-state index in [2.05, 4.69) is 6.92 Å². The Bertz CT molecular complexity index is 858. The third-order valence-corrected chi connectivity index (χ3v) is 11.4. The van der Waals surface area contributed by atoms with Gasteiger partial charge in [0, 0.05) is 17.8 Å². The summed E-state index contributed by atoms with van der Waals surface area (Å²) in [5.74, 6) is 1.13. The van der Waals surface area contributed by atoms with E-state index in [1.54, 1.807) is 6.08 Å². The minimum absolute atomic E-state index is 0.0492. The molecule has 0 amide bonds. The highest BCUT2D eigenvalue weighted by Gasteiger charge is 2.67. The van der Waals surface area contributed by atoms with Gasteiger partial charge in [0.1, 0.15) is 6.61 Å². The Morgan fingerprint density at radius 3 is 2.74 bits per heavy atom. The van der Waals surface area contributed by atoms with Gasteiger partial charge in [0.2, 0.25) is 0 Å². The quantitative estimate of drug-likeness (QED) is 0.777. The van der Waals surface area contributed by atoms with Gasteiger partial charge in [-0.15, -0.1) is 0 Å². The number of carbonyl (C=O) groups is 2. The molecule has 3 saturated carbocycles. The SMILES string of the molecule is C[C@]12CCC3C(C[C@H]4C5=CC(=O)CC[C@@]53CS4(=O)=O)C1CCC2C(=O)CO. The Labute approximate surface area is 160 Å². The van der Waals surface area contributed by atoms with Crippen molar-refractivity contribution in [3.05, 3.63) is 11.6 Å². The van der Waals surface area contributed by atoms with Crippen LogP contribution in [-0.2, 0) is 19.4 Å². The number of carbonyl (C=O) groups excluding carboxylic acids is 2. The van der Waals surface area contributed by atoms with Gasteiger partial charge in [-0.05, 0) is 73.3 Å². The lowest BCUT2D eigenvalue weighted by atomic mass is 9.46. The van der Waals surface area contributed by atoms with E-state index in [0.717, 1.165) is 31.3 Å². The normalized spacial score (nSPS) is 49.8. The molecule has 0 aromatic rings. The zero-order valence-corrected chi connectivity index (χ0v) is 16.6. The van der Waals surface area contributed by atoms with Crippen LogP contribution in [0.2, 0.25) is 0 Å². The molecule has 1 saturated heterocycles. The number of hydrogen-bond donors (Lipinski definition) is 1. The second-order valence-corrected chi connectivity index (χ2v) is 12.1. The van der Waals surface area contributed by atoms with Crippen molar-refractivity contribution in [1.82, 2.24) is 0 Å². The highest BCUT2D eigenvalue weighted by Crippen LogP contribution is 2.69. The average molecular weight is 393 g/mol. The minimum Gasteiger partial charge on any atom is -0.389 e. The second kappa shape index (κ2) is 5.53. The van der Waals surface area contributed by atoms with Crippen molar-refractivity contribution in [2.24, 2.45) is 34.5 Å². The summed E-state index contributed by atoms with van der Waals surface area (Å²) >= 11 is 0. The molecule has 6 heteroatoms. The molecule has 5 nitrogen and oxygen atoms in total. The lowest BCUT2D eigenvalue weighted by Gasteiger charge is -2.57. The van der Waals surface area contributed by atoms with Crippen LogP contribution in [0.5, 0.6) is 0 Å². The first kappa shape index (κ1) is 18.0. The van der Waals surface area contributed by atoms with Gasteiger partial charge in [-0.2, -0.15) is 0 Å². The van der Waals surface area contributed by atoms with Crippen molar-refractivity contribution < 1.29 is 23.1 Å². The summed E-state index contributed by atoms with van der Waals surface area (Å²) in [6, 6.07) is 0. The highest BCUT2D eigenvalue weighted by atomic mass is 32.2. The Hall–Kier alpha value is -1.01. The summed E-state index contributed by atoms with van der Waals surface area (Å²) in [6.07, 6.45) is 7.05. The van der Waals surface area contributed by atoms with E-state index in [9.17, 15) is 23.1 Å². The Kier molecular flexibility index (Phi) is 3.70. The molecule has 0 aromatic carbocycles. The van der Waals surface area contributed by atoms with Gasteiger partial charge >= 0.3 is 0 Å². The van der Waals surface area contributed by atoms with Crippen LogP contribution in [0.25, 0.3) is 0 Å². The average Bonchev–Trinajstić information content (AvgIpc) is 3.04. The minimum atomic E-state index is -3.21. The topological polar surface area (TPSA) is 88.5 Å². The molecule has 2 bridgehead atoms. The number of hydrogen-bond acceptors (Lipinski definition) is 5. The Balaban J connectivity index is 1.58. The number of aliphatic hydroxyl groups excluding tert-OH is 1. The van der Waals surface area contributed by atoms with Gasteiger partial charge < -0.3 is 5.11 Å². The van der Waals surface area contributed by atoms with Crippen molar-refractivity contribution in [1.29, 1.82) is 0 Å². The van der Waals surface area contributed by atoms with Crippen molar-refractivity contribution in [3.63, 3.8) is 0 Å². The van der Waals surface area contributed by atoms with E-state index < -0.39 is 21.7 Å². The van der Waals surface area contributed by atoms with Crippen LogP contribution in [0.1, 0.15) is 51.9 Å². The maximum atomic E-state index is 13.0. The molecule has 5 rings (SSSR count). The molecule has 148 valence electrons. The zero-order chi connectivity index (χ0) is 19.2. The molecule has 1 N–H and O–H groups in total. The zero-order valence-electron chi connectivity index (χ0n) is 15.8. The molecule has 0 radical (unpaired) electrons. The third-order valence-electron chi connectivity index (χ3n) is 9.13. The van der Waals surface area contributed by atoms with Crippen LogP contribution in [0.15, 0.2) is 11.6 Å². The summed E-state index contributed by atoms with van der Waals surface area (Å²) in [7, 11) is -3.21. The van der Waals surface area contributed by atoms with Crippen molar-refractivity contribution in [2.75, 3.05) is 12.4 Å². The molecule has 1 aliphatic heterocycles. The number of fused-ring (bicyclic) bond motifs is 3. The lowest BCUT2D eigenvalue weighted by molar-refractivity contribution is -0.132. The van der Waals surface area contributed by atoms with E-state index in [-0.39, 0.29) is 34.1 Å². The number of ketones is 2. The first-order chi connectivity index (χ1) is 12.7. The van der Waals surface area contributed by atoms with Gasteiger partial charge in [0.05, 0.1) is 11.0 Å². The fourth-order valence-corrected chi connectivity index (χ4v) is 10.7. The van der Waals surface area contributed by atoms with Crippen molar-refractivity contribution in [2.45, 2.75) is 57.1 Å². The summed E-state index contributed by atoms with van der Waals surface area (Å²) in [5.41, 5.74) is 0.470. The van der Waals surface area contributed by atoms with Crippen LogP contribution in [0, 0.1) is 34.5 Å². The summed E-state index contributed by atoms with van der Waals surface area (Å²) in [6.45, 7) is 1.81. The molecule has 27 heavy (non-hydrogen) atoms. The molecule has 4 unspecified atom stereocenters. The van der Waals surface area contributed by atoms with E-state index in [1.807, 2.05) is 0 Å². The van der Waals surface area contributed by atoms with E-state index in [1.165, 1.54) is 0 Å². The van der Waals surface area contributed by atoms with Gasteiger partial charge in [0.25, 0.3) is 0 Å². The van der Waals surface area contributed by atoms with Crippen LogP contribution in [0.3, 0.4) is 0 Å². The fourth-order valence-electron chi connectivity index (χ4n) is 8.07.